The highest BCUT2D eigenvalue weighted by atomic mass is 16.5. The fourth-order valence-electron chi connectivity index (χ4n) is 1.78. The number of aromatic nitrogens is 2. The average molecular weight is 239 g/mol. The summed E-state index contributed by atoms with van der Waals surface area (Å²) in [6, 6.07) is 0. The van der Waals surface area contributed by atoms with E-state index in [1.54, 1.807) is 4.90 Å². The summed E-state index contributed by atoms with van der Waals surface area (Å²) in [6.45, 7) is 1.92. The van der Waals surface area contributed by atoms with E-state index in [1.165, 1.54) is 17.9 Å². The summed E-state index contributed by atoms with van der Waals surface area (Å²) in [5, 5.41) is 12.8. The third-order valence-electron chi connectivity index (χ3n) is 2.67. The molecule has 7 heteroatoms. The number of aromatic carboxylic acids is 1. The van der Waals surface area contributed by atoms with Crippen LogP contribution in [0.4, 0.5) is 0 Å². The van der Waals surface area contributed by atoms with Crippen LogP contribution in [0.15, 0.2) is 6.20 Å². The first-order chi connectivity index (χ1) is 8.11. The summed E-state index contributed by atoms with van der Waals surface area (Å²) in [7, 11) is 1.50. The van der Waals surface area contributed by atoms with Crippen molar-refractivity contribution < 1.29 is 19.4 Å². The van der Waals surface area contributed by atoms with Crippen molar-refractivity contribution in [1.82, 2.24) is 14.7 Å². The fraction of sp³-hybridized carbons (Fsp3) is 0.500. The van der Waals surface area contributed by atoms with Crippen LogP contribution in [0, 0.1) is 0 Å². The molecule has 0 aliphatic carbocycles. The maximum Gasteiger partial charge on any atom is 0.354 e. The van der Waals surface area contributed by atoms with Crippen molar-refractivity contribution in [3.63, 3.8) is 0 Å². The Hall–Kier alpha value is -1.89. The monoisotopic (exact) mass is 239 g/mol. The van der Waals surface area contributed by atoms with Gasteiger partial charge in [-0.1, -0.05) is 0 Å². The first-order valence-electron chi connectivity index (χ1n) is 5.23. The number of morpholine rings is 1. The number of amides is 1. The predicted octanol–water partition coefficient (Wildman–Crippen LogP) is -0.409. The molecule has 0 unspecified atom stereocenters. The number of carbonyl (C=O) groups excluding carboxylic acids is 1. The lowest BCUT2D eigenvalue weighted by Gasteiger charge is -2.26. The van der Waals surface area contributed by atoms with E-state index in [0.29, 0.717) is 26.3 Å². The van der Waals surface area contributed by atoms with Crippen LogP contribution in [0.5, 0.6) is 0 Å². The molecule has 1 aliphatic rings. The van der Waals surface area contributed by atoms with E-state index < -0.39 is 5.97 Å². The molecule has 0 radical (unpaired) electrons. The molecule has 1 aliphatic heterocycles. The van der Waals surface area contributed by atoms with Gasteiger partial charge in [0.05, 0.1) is 25.0 Å². The summed E-state index contributed by atoms with van der Waals surface area (Å²) in [4.78, 5) is 24.7. The Labute approximate surface area is 97.6 Å². The SMILES string of the molecule is Cn1ncc(C(=O)N2CCOCC2)c1C(=O)O. The molecule has 0 aromatic carbocycles. The number of carboxylic acids is 1. The van der Waals surface area contributed by atoms with Crippen LogP contribution in [-0.4, -0.2) is 58.0 Å². The highest BCUT2D eigenvalue weighted by molar-refractivity contribution is 6.03. The number of rotatable bonds is 2. The lowest BCUT2D eigenvalue weighted by molar-refractivity contribution is 0.0300. The molecule has 0 bridgehead atoms. The Balaban J connectivity index is 2.27. The summed E-state index contributed by atoms with van der Waals surface area (Å²) in [5.41, 5.74) is 0.0448. The molecule has 0 atom stereocenters. The Morgan fingerprint density at radius 2 is 2.06 bits per heavy atom. The Kier molecular flexibility index (Phi) is 3.10. The Bertz CT molecular complexity index is 448. The minimum Gasteiger partial charge on any atom is -0.477 e. The lowest BCUT2D eigenvalue weighted by atomic mass is 10.2. The van der Waals surface area contributed by atoms with Crippen LogP contribution in [0.3, 0.4) is 0 Å². The molecule has 1 aromatic heterocycles. The molecule has 1 fully saturated rings. The molecule has 1 saturated heterocycles. The van der Waals surface area contributed by atoms with E-state index in [0.717, 1.165) is 0 Å². The zero-order valence-corrected chi connectivity index (χ0v) is 9.42. The molecule has 92 valence electrons. The van der Waals surface area contributed by atoms with Gasteiger partial charge >= 0.3 is 5.97 Å². The second-order valence-corrected chi connectivity index (χ2v) is 3.74. The second kappa shape index (κ2) is 4.54. The summed E-state index contributed by atoms with van der Waals surface area (Å²) in [5.74, 6) is -1.46. The van der Waals surface area contributed by atoms with Crippen LogP contribution < -0.4 is 0 Å². The van der Waals surface area contributed by atoms with E-state index >= 15 is 0 Å². The highest BCUT2D eigenvalue weighted by Gasteiger charge is 2.26. The van der Waals surface area contributed by atoms with Crippen molar-refractivity contribution in [1.29, 1.82) is 0 Å². The molecular formula is C10H13N3O4. The van der Waals surface area contributed by atoms with Crippen LogP contribution in [0.25, 0.3) is 0 Å². The summed E-state index contributed by atoms with van der Waals surface area (Å²) in [6.07, 6.45) is 1.29. The third-order valence-corrected chi connectivity index (χ3v) is 2.67. The molecule has 7 nitrogen and oxygen atoms in total. The smallest absolute Gasteiger partial charge is 0.354 e. The quantitative estimate of drug-likeness (QED) is 0.758. The largest absolute Gasteiger partial charge is 0.477 e. The number of carbonyl (C=O) groups is 2. The van der Waals surface area contributed by atoms with Gasteiger partial charge in [-0.2, -0.15) is 5.10 Å². The van der Waals surface area contributed by atoms with E-state index in [4.69, 9.17) is 9.84 Å². The highest BCUT2D eigenvalue weighted by Crippen LogP contribution is 2.12. The summed E-state index contributed by atoms with van der Waals surface area (Å²) < 4.78 is 6.33. The van der Waals surface area contributed by atoms with Crippen molar-refractivity contribution in [2.45, 2.75) is 0 Å². The van der Waals surface area contributed by atoms with Gasteiger partial charge < -0.3 is 14.7 Å². The average Bonchev–Trinajstić information content (AvgIpc) is 2.71. The van der Waals surface area contributed by atoms with E-state index in [-0.39, 0.29) is 17.2 Å². The molecule has 2 rings (SSSR count). The van der Waals surface area contributed by atoms with E-state index in [2.05, 4.69) is 5.10 Å². The van der Waals surface area contributed by atoms with Crippen LogP contribution in [0.2, 0.25) is 0 Å². The Morgan fingerprint density at radius 3 is 2.65 bits per heavy atom. The number of nitrogens with zero attached hydrogens (tertiary/aromatic N) is 3. The topological polar surface area (TPSA) is 84.7 Å². The van der Waals surface area contributed by atoms with Gasteiger partial charge in [-0.25, -0.2) is 4.79 Å². The van der Waals surface area contributed by atoms with E-state index in [9.17, 15) is 9.59 Å². The van der Waals surface area contributed by atoms with Crippen LogP contribution >= 0.6 is 0 Å². The maximum absolute atomic E-state index is 12.1. The zero-order valence-electron chi connectivity index (χ0n) is 9.42. The second-order valence-electron chi connectivity index (χ2n) is 3.74. The van der Waals surface area contributed by atoms with Crippen LogP contribution in [0.1, 0.15) is 20.8 Å². The molecule has 0 saturated carbocycles. The molecule has 2 heterocycles. The van der Waals surface area contributed by atoms with Crippen molar-refractivity contribution in [3.05, 3.63) is 17.5 Å². The van der Waals surface area contributed by atoms with Gasteiger partial charge in [-0.15, -0.1) is 0 Å². The fourth-order valence-corrected chi connectivity index (χ4v) is 1.78. The van der Waals surface area contributed by atoms with E-state index in [1.807, 2.05) is 0 Å². The van der Waals surface area contributed by atoms with Gasteiger partial charge in [0.1, 0.15) is 0 Å². The number of hydrogen-bond donors (Lipinski definition) is 1. The number of hydrogen-bond acceptors (Lipinski definition) is 4. The standard InChI is InChI=1S/C10H13N3O4/c1-12-8(10(15)16)7(6-11-12)9(14)13-2-4-17-5-3-13/h6H,2-5H2,1H3,(H,15,16). The first kappa shape index (κ1) is 11.6. The van der Waals surface area contributed by atoms with Gasteiger partial charge in [0.2, 0.25) is 0 Å². The third kappa shape index (κ3) is 2.14. The van der Waals surface area contributed by atoms with Crippen LogP contribution in [-0.2, 0) is 11.8 Å². The van der Waals surface area contributed by atoms with Gasteiger partial charge in [-0.3, -0.25) is 9.48 Å². The molecule has 1 amide bonds. The minimum absolute atomic E-state index is 0.0820. The molecular weight excluding hydrogens is 226 g/mol. The lowest BCUT2D eigenvalue weighted by Crippen LogP contribution is -2.41. The minimum atomic E-state index is -1.15. The number of ether oxygens (including phenoxy) is 1. The Morgan fingerprint density at radius 1 is 1.41 bits per heavy atom. The van der Waals surface area contributed by atoms with Gasteiger partial charge in [0.25, 0.3) is 5.91 Å². The molecule has 17 heavy (non-hydrogen) atoms. The van der Waals surface area contributed by atoms with Gasteiger partial charge in [0, 0.05) is 20.1 Å². The molecule has 1 N–H and O–H groups in total. The predicted molar refractivity (Wildman–Crippen MR) is 56.9 cm³/mol. The van der Waals surface area contributed by atoms with Crippen molar-refractivity contribution in [2.75, 3.05) is 26.3 Å². The van der Waals surface area contributed by atoms with Gasteiger partial charge in [0.15, 0.2) is 5.69 Å². The van der Waals surface area contributed by atoms with Crippen molar-refractivity contribution in [2.24, 2.45) is 7.05 Å². The molecule has 0 spiro atoms. The van der Waals surface area contributed by atoms with Crippen molar-refractivity contribution in [3.8, 4) is 0 Å². The zero-order chi connectivity index (χ0) is 12.4. The number of aryl methyl sites for hydroxylation is 1. The van der Waals surface area contributed by atoms with Crippen molar-refractivity contribution >= 4 is 11.9 Å². The molecule has 1 aromatic rings. The number of carboxylic acid groups (broad SMARTS) is 1. The normalized spacial score (nSPS) is 15.9. The summed E-state index contributed by atoms with van der Waals surface area (Å²) >= 11 is 0. The van der Waals surface area contributed by atoms with Gasteiger partial charge in [-0.05, 0) is 0 Å². The first-order valence-corrected chi connectivity index (χ1v) is 5.23. The maximum atomic E-state index is 12.1.